The summed E-state index contributed by atoms with van der Waals surface area (Å²) in [5.41, 5.74) is 0.668. The summed E-state index contributed by atoms with van der Waals surface area (Å²) in [6.45, 7) is 1.58. The van der Waals surface area contributed by atoms with Gasteiger partial charge >= 0.3 is 0 Å². The summed E-state index contributed by atoms with van der Waals surface area (Å²) in [6.07, 6.45) is 2.97. The fourth-order valence-electron chi connectivity index (χ4n) is 2.09. The van der Waals surface area contributed by atoms with Crippen LogP contribution in [0.1, 0.15) is 16.1 Å². The Morgan fingerprint density at radius 3 is 2.72 bits per heavy atom. The van der Waals surface area contributed by atoms with E-state index in [0.29, 0.717) is 16.3 Å². The van der Waals surface area contributed by atoms with E-state index in [1.807, 2.05) is 0 Å². The number of carbonyl (C=O) groups excluding carboxylic acids is 1. The number of anilines is 1. The largest absolute Gasteiger partial charge is 0.298 e. The lowest BCUT2D eigenvalue weighted by Crippen LogP contribution is -2.11. The minimum absolute atomic E-state index is 0.0660. The molecule has 0 bridgehead atoms. The van der Waals surface area contributed by atoms with E-state index in [1.165, 1.54) is 18.3 Å². The standard InChI is InChI=1S/C16H12ClN3O3S2/c1-10-15(25(22,23)13-6-2-5-12(17)8-13)24-16(19-10)20-14(21)11-4-3-7-18-9-11/h2-9H,1H3,(H,19,20,21). The van der Waals surface area contributed by atoms with Crippen molar-refractivity contribution in [3.05, 3.63) is 65.1 Å². The Kier molecular flexibility index (Phi) is 4.85. The number of benzene rings is 1. The minimum atomic E-state index is -3.76. The van der Waals surface area contributed by atoms with E-state index in [1.54, 1.807) is 37.4 Å². The van der Waals surface area contributed by atoms with Crippen LogP contribution in [-0.4, -0.2) is 24.3 Å². The van der Waals surface area contributed by atoms with E-state index in [-0.39, 0.29) is 14.2 Å². The zero-order valence-electron chi connectivity index (χ0n) is 12.9. The van der Waals surface area contributed by atoms with Crippen LogP contribution in [0.15, 0.2) is 57.9 Å². The van der Waals surface area contributed by atoms with Gasteiger partial charge in [0.25, 0.3) is 5.91 Å². The molecule has 0 saturated heterocycles. The number of pyridine rings is 1. The van der Waals surface area contributed by atoms with Gasteiger partial charge in [-0.05, 0) is 37.3 Å². The summed E-state index contributed by atoms with van der Waals surface area (Å²) in [4.78, 5) is 20.2. The molecule has 6 nitrogen and oxygen atoms in total. The Morgan fingerprint density at radius 1 is 1.24 bits per heavy atom. The Bertz CT molecular complexity index is 1030. The Morgan fingerprint density at radius 2 is 2.04 bits per heavy atom. The first-order chi connectivity index (χ1) is 11.9. The molecule has 0 saturated carbocycles. The van der Waals surface area contributed by atoms with Gasteiger partial charge in [-0.1, -0.05) is 29.0 Å². The van der Waals surface area contributed by atoms with E-state index >= 15 is 0 Å². The lowest BCUT2D eigenvalue weighted by atomic mass is 10.3. The lowest BCUT2D eigenvalue weighted by molar-refractivity contribution is 0.102. The van der Waals surface area contributed by atoms with Crippen molar-refractivity contribution in [3.63, 3.8) is 0 Å². The lowest BCUT2D eigenvalue weighted by Gasteiger charge is -2.03. The quantitative estimate of drug-likeness (QED) is 0.731. The van der Waals surface area contributed by atoms with E-state index in [0.717, 1.165) is 11.3 Å². The Balaban J connectivity index is 1.91. The topological polar surface area (TPSA) is 89.0 Å². The normalized spacial score (nSPS) is 11.3. The summed E-state index contributed by atoms with van der Waals surface area (Å²) in [5, 5.41) is 3.12. The average Bonchev–Trinajstić information content (AvgIpc) is 2.96. The molecule has 0 unspecified atom stereocenters. The minimum Gasteiger partial charge on any atom is -0.298 e. The van der Waals surface area contributed by atoms with Crippen molar-refractivity contribution >= 4 is 43.8 Å². The van der Waals surface area contributed by atoms with Crippen LogP contribution in [0.2, 0.25) is 5.02 Å². The molecule has 9 heteroatoms. The fourth-order valence-corrected chi connectivity index (χ4v) is 5.20. The van der Waals surface area contributed by atoms with Gasteiger partial charge in [-0.2, -0.15) is 0 Å². The summed E-state index contributed by atoms with van der Waals surface area (Å²) < 4.78 is 25.6. The van der Waals surface area contributed by atoms with Gasteiger partial charge in [-0.3, -0.25) is 15.1 Å². The van der Waals surface area contributed by atoms with E-state index in [2.05, 4.69) is 15.3 Å². The number of nitrogens with one attached hydrogen (secondary N) is 1. The maximum absolute atomic E-state index is 12.8. The van der Waals surface area contributed by atoms with E-state index < -0.39 is 15.7 Å². The molecule has 3 aromatic rings. The second-order valence-corrected chi connectivity index (χ2v) is 8.63. The molecule has 128 valence electrons. The van der Waals surface area contributed by atoms with E-state index in [4.69, 9.17) is 11.6 Å². The number of amides is 1. The number of carbonyl (C=O) groups is 1. The number of aromatic nitrogens is 2. The van der Waals surface area contributed by atoms with Gasteiger partial charge in [0.15, 0.2) is 5.13 Å². The molecule has 0 fully saturated rings. The van der Waals surface area contributed by atoms with Crippen molar-refractivity contribution < 1.29 is 13.2 Å². The van der Waals surface area contributed by atoms with Gasteiger partial charge in [0.05, 0.1) is 16.2 Å². The maximum atomic E-state index is 12.8. The molecule has 0 aliphatic heterocycles. The summed E-state index contributed by atoms with van der Waals surface area (Å²) in [5.74, 6) is -0.409. The SMILES string of the molecule is Cc1nc(NC(=O)c2cccnc2)sc1S(=O)(=O)c1cccc(Cl)c1. The Labute approximate surface area is 153 Å². The molecule has 0 atom stereocenters. The molecule has 0 aliphatic rings. The maximum Gasteiger partial charge on any atom is 0.259 e. The zero-order chi connectivity index (χ0) is 18.0. The van der Waals surface area contributed by atoms with E-state index in [9.17, 15) is 13.2 Å². The smallest absolute Gasteiger partial charge is 0.259 e. The number of aryl methyl sites for hydroxylation is 1. The number of sulfone groups is 1. The molecule has 2 heterocycles. The first-order valence-electron chi connectivity index (χ1n) is 7.07. The van der Waals surface area contributed by atoms with Gasteiger partial charge in [0, 0.05) is 17.4 Å². The molecule has 1 aromatic carbocycles. The molecule has 2 aromatic heterocycles. The second kappa shape index (κ2) is 6.91. The first kappa shape index (κ1) is 17.5. The number of thiazole rings is 1. The number of halogens is 1. The summed E-state index contributed by atoms with van der Waals surface area (Å²) in [6, 6.07) is 9.25. The van der Waals surface area contributed by atoms with Crippen LogP contribution in [-0.2, 0) is 9.84 Å². The number of hydrogen-bond acceptors (Lipinski definition) is 6. The van der Waals surface area contributed by atoms with Crippen molar-refractivity contribution in [1.82, 2.24) is 9.97 Å². The number of rotatable bonds is 4. The van der Waals surface area contributed by atoms with Crippen molar-refractivity contribution in [2.45, 2.75) is 16.0 Å². The van der Waals surface area contributed by atoms with Crippen LogP contribution in [0.4, 0.5) is 5.13 Å². The molecule has 0 aliphatic carbocycles. The monoisotopic (exact) mass is 393 g/mol. The van der Waals surface area contributed by atoms with Crippen molar-refractivity contribution in [2.75, 3.05) is 5.32 Å². The molecule has 25 heavy (non-hydrogen) atoms. The molecule has 1 amide bonds. The highest BCUT2D eigenvalue weighted by molar-refractivity contribution is 7.93. The second-order valence-electron chi connectivity index (χ2n) is 5.05. The fraction of sp³-hybridized carbons (Fsp3) is 0.0625. The zero-order valence-corrected chi connectivity index (χ0v) is 15.3. The van der Waals surface area contributed by atoms with Crippen LogP contribution in [0, 0.1) is 6.92 Å². The highest BCUT2D eigenvalue weighted by atomic mass is 35.5. The van der Waals surface area contributed by atoms with Gasteiger partial charge in [-0.15, -0.1) is 0 Å². The van der Waals surface area contributed by atoms with Gasteiger partial charge in [0.2, 0.25) is 9.84 Å². The molecule has 0 spiro atoms. The van der Waals surface area contributed by atoms with Crippen LogP contribution >= 0.6 is 22.9 Å². The van der Waals surface area contributed by atoms with Crippen molar-refractivity contribution in [1.29, 1.82) is 0 Å². The molecular formula is C16H12ClN3O3S2. The van der Waals surface area contributed by atoms with Crippen LogP contribution in [0.3, 0.4) is 0 Å². The third kappa shape index (κ3) is 3.71. The van der Waals surface area contributed by atoms with Gasteiger partial charge in [-0.25, -0.2) is 13.4 Å². The highest BCUT2D eigenvalue weighted by Gasteiger charge is 2.25. The van der Waals surface area contributed by atoms with Gasteiger partial charge < -0.3 is 0 Å². The number of hydrogen-bond donors (Lipinski definition) is 1. The third-order valence-electron chi connectivity index (χ3n) is 3.25. The van der Waals surface area contributed by atoms with Crippen molar-refractivity contribution in [3.8, 4) is 0 Å². The summed E-state index contributed by atoms with van der Waals surface area (Å²) >= 11 is 6.78. The van der Waals surface area contributed by atoms with Crippen LogP contribution in [0.5, 0.6) is 0 Å². The Hall–Kier alpha value is -2.29. The molecule has 3 rings (SSSR count). The predicted molar refractivity (Wildman–Crippen MR) is 95.9 cm³/mol. The van der Waals surface area contributed by atoms with Crippen molar-refractivity contribution in [2.24, 2.45) is 0 Å². The van der Waals surface area contributed by atoms with Gasteiger partial charge in [0.1, 0.15) is 4.21 Å². The third-order valence-corrected chi connectivity index (χ3v) is 6.92. The predicted octanol–water partition coefficient (Wildman–Crippen LogP) is 3.59. The molecular weight excluding hydrogens is 382 g/mol. The highest BCUT2D eigenvalue weighted by Crippen LogP contribution is 2.32. The summed E-state index contributed by atoms with van der Waals surface area (Å²) in [7, 11) is -3.76. The molecule has 1 N–H and O–H groups in total. The first-order valence-corrected chi connectivity index (χ1v) is 9.75. The van der Waals surface area contributed by atoms with Crippen LogP contribution in [0.25, 0.3) is 0 Å². The molecule has 0 radical (unpaired) electrons. The van der Waals surface area contributed by atoms with Crippen LogP contribution < -0.4 is 5.32 Å². The number of nitrogens with zero attached hydrogens (tertiary/aromatic N) is 2. The average molecular weight is 394 g/mol.